The van der Waals surface area contributed by atoms with Crippen LogP contribution in [0.25, 0.3) is 6.08 Å². The normalized spacial score (nSPS) is 12.8. The van der Waals surface area contributed by atoms with Crippen LogP contribution in [-0.4, -0.2) is 23.5 Å². The first-order chi connectivity index (χ1) is 8.90. The van der Waals surface area contributed by atoms with E-state index in [1.165, 1.54) is 17.4 Å². The van der Waals surface area contributed by atoms with E-state index in [1.807, 2.05) is 0 Å². The predicted octanol–water partition coefficient (Wildman–Crippen LogP) is 2.87. The number of carboxylic acid groups (broad SMARTS) is 1. The SMILES string of the molecule is CC(C)C(C)CNC(=O)c1csc(C=CC(=O)O)c1. The van der Waals surface area contributed by atoms with Crippen molar-refractivity contribution in [1.29, 1.82) is 0 Å². The minimum Gasteiger partial charge on any atom is -0.478 e. The van der Waals surface area contributed by atoms with Crippen LogP contribution in [0.4, 0.5) is 0 Å². The van der Waals surface area contributed by atoms with E-state index in [0.717, 1.165) is 11.0 Å². The highest BCUT2D eigenvalue weighted by Crippen LogP contribution is 2.16. The maximum absolute atomic E-state index is 11.9. The summed E-state index contributed by atoms with van der Waals surface area (Å²) in [6, 6.07) is 1.69. The molecule has 0 saturated carbocycles. The minimum atomic E-state index is -0.995. The molecule has 0 aromatic carbocycles. The molecule has 19 heavy (non-hydrogen) atoms. The van der Waals surface area contributed by atoms with Crippen molar-refractivity contribution in [2.24, 2.45) is 11.8 Å². The Hall–Kier alpha value is -1.62. The third-order valence-electron chi connectivity index (χ3n) is 2.99. The fraction of sp³-hybridized carbons (Fsp3) is 0.429. The molecule has 2 N–H and O–H groups in total. The van der Waals surface area contributed by atoms with Crippen LogP contribution in [0.5, 0.6) is 0 Å². The number of rotatable bonds is 6. The second-order valence-electron chi connectivity index (χ2n) is 4.84. The average molecular weight is 281 g/mol. The summed E-state index contributed by atoms with van der Waals surface area (Å²) < 4.78 is 0. The fourth-order valence-corrected chi connectivity index (χ4v) is 2.08. The van der Waals surface area contributed by atoms with E-state index in [0.29, 0.717) is 23.9 Å². The molecule has 0 bridgehead atoms. The molecule has 0 radical (unpaired) electrons. The third kappa shape index (κ3) is 5.26. The highest BCUT2D eigenvalue weighted by molar-refractivity contribution is 7.11. The molecule has 4 nitrogen and oxygen atoms in total. The van der Waals surface area contributed by atoms with Crippen molar-refractivity contribution in [2.75, 3.05) is 6.54 Å². The number of hydrogen-bond donors (Lipinski definition) is 2. The van der Waals surface area contributed by atoms with Gasteiger partial charge in [0, 0.05) is 22.9 Å². The summed E-state index contributed by atoms with van der Waals surface area (Å²) in [7, 11) is 0. The lowest BCUT2D eigenvalue weighted by Crippen LogP contribution is -2.29. The van der Waals surface area contributed by atoms with Gasteiger partial charge in [0.2, 0.25) is 0 Å². The number of aliphatic carboxylic acids is 1. The van der Waals surface area contributed by atoms with Gasteiger partial charge in [0.15, 0.2) is 0 Å². The van der Waals surface area contributed by atoms with Crippen LogP contribution in [-0.2, 0) is 4.79 Å². The van der Waals surface area contributed by atoms with Gasteiger partial charge in [-0.2, -0.15) is 0 Å². The summed E-state index contributed by atoms with van der Waals surface area (Å²) >= 11 is 1.35. The molecule has 1 unspecified atom stereocenters. The number of hydrogen-bond acceptors (Lipinski definition) is 3. The number of carbonyl (C=O) groups is 2. The lowest BCUT2D eigenvalue weighted by atomic mass is 9.98. The summed E-state index contributed by atoms with van der Waals surface area (Å²) in [5.41, 5.74) is 0.575. The number of nitrogens with one attached hydrogen (secondary N) is 1. The lowest BCUT2D eigenvalue weighted by Gasteiger charge is -2.15. The number of amides is 1. The Labute approximate surface area is 117 Å². The highest BCUT2D eigenvalue weighted by atomic mass is 32.1. The first kappa shape index (κ1) is 15.4. The fourth-order valence-electron chi connectivity index (χ4n) is 1.30. The standard InChI is InChI=1S/C14H19NO3S/c1-9(2)10(3)7-15-14(18)11-6-12(19-8-11)4-5-13(16)17/h4-6,8-10H,7H2,1-3H3,(H,15,18)(H,16,17). The molecule has 0 saturated heterocycles. The molecule has 0 spiro atoms. The Kier molecular flexibility index (Phi) is 5.76. The smallest absolute Gasteiger partial charge is 0.328 e. The van der Waals surface area contributed by atoms with Crippen LogP contribution in [0.3, 0.4) is 0 Å². The summed E-state index contributed by atoms with van der Waals surface area (Å²) in [6.07, 6.45) is 2.55. The van der Waals surface area contributed by atoms with Crippen LogP contribution in [0.2, 0.25) is 0 Å². The molecule has 1 amide bonds. The Bertz CT molecular complexity index is 477. The van der Waals surface area contributed by atoms with Gasteiger partial charge in [-0.1, -0.05) is 20.8 Å². The van der Waals surface area contributed by atoms with Crippen molar-refractivity contribution in [3.63, 3.8) is 0 Å². The molecule has 1 heterocycles. The van der Waals surface area contributed by atoms with Crippen LogP contribution < -0.4 is 5.32 Å². The molecule has 0 fully saturated rings. The Morgan fingerprint density at radius 1 is 1.42 bits per heavy atom. The van der Waals surface area contributed by atoms with Crippen molar-refractivity contribution in [3.8, 4) is 0 Å². The first-order valence-corrected chi connectivity index (χ1v) is 7.06. The monoisotopic (exact) mass is 281 g/mol. The van der Waals surface area contributed by atoms with E-state index in [-0.39, 0.29) is 5.91 Å². The second kappa shape index (κ2) is 7.09. The van der Waals surface area contributed by atoms with Crippen LogP contribution in [0.15, 0.2) is 17.5 Å². The lowest BCUT2D eigenvalue weighted by molar-refractivity contribution is -0.131. The minimum absolute atomic E-state index is 0.112. The molecule has 0 aliphatic heterocycles. The zero-order chi connectivity index (χ0) is 14.4. The Balaban J connectivity index is 2.56. The molecule has 5 heteroatoms. The number of carboxylic acids is 1. The second-order valence-corrected chi connectivity index (χ2v) is 5.78. The third-order valence-corrected chi connectivity index (χ3v) is 3.89. The molecular formula is C14H19NO3S. The van der Waals surface area contributed by atoms with Gasteiger partial charge in [-0.15, -0.1) is 11.3 Å². The largest absolute Gasteiger partial charge is 0.478 e. The van der Waals surface area contributed by atoms with Gasteiger partial charge < -0.3 is 10.4 Å². The van der Waals surface area contributed by atoms with Gasteiger partial charge in [-0.25, -0.2) is 4.79 Å². The van der Waals surface area contributed by atoms with E-state index < -0.39 is 5.97 Å². The Morgan fingerprint density at radius 2 is 2.11 bits per heavy atom. The zero-order valence-electron chi connectivity index (χ0n) is 11.3. The summed E-state index contributed by atoms with van der Waals surface area (Å²) in [5.74, 6) is -0.158. The molecular weight excluding hydrogens is 262 g/mol. The van der Waals surface area contributed by atoms with Gasteiger partial charge in [-0.05, 0) is 24.0 Å². The molecule has 1 rings (SSSR count). The average Bonchev–Trinajstić information content (AvgIpc) is 2.81. The predicted molar refractivity (Wildman–Crippen MR) is 77.3 cm³/mol. The topological polar surface area (TPSA) is 66.4 Å². The summed E-state index contributed by atoms with van der Waals surface area (Å²) in [6.45, 7) is 6.98. The van der Waals surface area contributed by atoms with Gasteiger partial charge >= 0.3 is 5.97 Å². The van der Waals surface area contributed by atoms with Gasteiger partial charge in [-0.3, -0.25) is 4.79 Å². The van der Waals surface area contributed by atoms with Crippen molar-refractivity contribution < 1.29 is 14.7 Å². The van der Waals surface area contributed by atoms with Crippen LogP contribution in [0, 0.1) is 11.8 Å². The molecule has 104 valence electrons. The summed E-state index contributed by atoms with van der Waals surface area (Å²) in [5, 5.41) is 13.1. The van der Waals surface area contributed by atoms with Crippen LogP contribution >= 0.6 is 11.3 Å². The van der Waals surface area contributed by atoms with E-state index in [9.17, 15) is 9.59 Å². The van der Waals surface area contributed by atoms with Crippen molar-refractivity contribution in [2.45, 2.75) is 20.8 Å². The van der Waals surface area contributed by atoms with Gasteiger partial charge in [0.25, 0.3) is 5.91 Å². The van der Waals surface area contributed by atoms with Gasteiger partial charge in [0.05, 0.1) is 5.56 Å². The van der Waals surface area contributed by atoms with E-state index in [4.69, 9.17) is 5.11 Å². The van der Waals surface area contributed by atoms with E-state index in [1.54, 1.807) is 11.4 Å². The van der Waals surface area contributed by atoms with Gasteiger partial charge in [0.1, 0.15) is 0 Å². The maximum Gasteiger partial charge on any atom is 0.328 e. The Morgan fingerprint density at radius 3 is 2.68 bits per heavy atom. The molecule has 1 aromatic heterocycles. The highest BCUT2D eigenvalue weighted by Gasteiger charge is 2.11. The van der Waals surface area contributed by atoms with Crippen LogP contribution in [0.1, 0.15) is 36.0 Å². The molecule has 1 atom stereocenters. The summed E-state index contributed by atoms with van der Waals surface area (Å²) in [4.78, 5) is 23.0. The molecule has 1 aromatic rings. The van der Waals surface area contributed by atoms with Crippen molar-refractivity contribution in [1.82, 2.24) is 5.32 Å². The number of thiophene rings is 1. The van der Waals surface area contributed by atoms with E-state index >= 15 is 0 Å². The quantitative estimate of drug-likeness (QED) is 0.788. The first-order valence-electron chi connectivity index (χ1n) is 6.18. The van der Waals surface area contributed by atoms with Crippen molar-refractivity contribution >= 4 is 29.3 Å². The van der Waals surface area contributed by atoms with Crippen molar-refractivity contribution in [3.05, 3.63) is 28.0 Å². The number of carbonyl (C=O) groups excluding carboxylic acids is 1. The molecule has 0 aliphatic carbocycles. The van der Waals surface area contributed by atoms with E-state index in [2.05, 4.69) is 26.1 Å². The zero-order valence-corrected chi connectivity index (χ0v) is 12.2. The molecule has 0 aliphatic rings. The maximum atomic E-state index is 11.9.